The van der Waals surface area contributed by atoms with Crippen LogP contribution in [0.15, 0.2) is 47.7 Å². The largest absolute Gasteiger partial charge is 0.356 e. The van der Waals surface area contributed by atoms with Crippen molar-refractivity contribution in [2.24, 2.45) is 4.99 Å². The van der Waals surface area contributed by atoms with Crippen molar-refractivity contribution in [1.82, 2.24) is 15.6 Å². The summed E-state index contributed by atoms with van der Waals surface area (Å²) in [6.07, 6.45) is 4.60. The Hall–Kier alpha value is -2.43. The zero-order chi connectivity index (χ0) is 18.3. The van der Waals surface area contributed by atoms with E-state index >= 15 is 0 Å². The first kappa shape index (κ1) is 18.9. The van der Waals surface area contributed by atoms with Crippen molar-refractivity contribution in [1.29, 1.82) is 0 Å². The molecule has 1 heterocycles. The van der Waals surface area contributed by atoms with Crippen LogP contribution in [0.25, 0.3) is 0 Å². The lowest BCUT2D eigenvalue weighted by Crippen LogP contribution is -2.44. The number of guanidine groups is 1. The third-order valence-electron chi connectivity index (χ3n) is 4.35. The highest BCUT2D eigenvalue weighted by molar-refractivity contribution is 5.79. The average molecular weight is 342 g/mol. The molecule has 2 aromatic rings. The van der Waals surface area contributed by atoms with Gasteiger partial charge in [0.05, 0.1) is 0 Å². The second kappa shape index (κ2) is 8.60. The maximum Gasteiger partial charge on any atom is 0.191 e. The third-order valence-corrected chi connectivity index (χ3v) is 4.35. The Morgan fingerprint density at radius 3 is 2.72 bits per heavy atom. The third kappa shape index (κ3) is 5.55. The second-order valence-corrected chi connectivity index (χ2v) is 6.80. The lowest BCUT2D eigenvalue weighted by Gasteiger charge is -2.27. The molecular formula is C20H27FN4. The molecule has 0 spiro atoms. The quantitative estimate of drug-likeness (QED) is 0.626. The number of rotatable bonds is 6. The van der Waals surface area contributed by atoms with Crippen LogP contribution in [-0.4, -0.2) is 31.1 Å². The van der Waals surface area contributed by atoms with Crippen LogP contribution >= 0.6 is 0 Å². The Labute approximate surface area is 149 Å². The molecule has 0 bridgehead atoms. The molecule has 2 N–H and O–H groups in total. The molecule has 0 saturated heterocycles. The normalized spacial score (nSPS) is 12.1. The molecule has 1 aromatic heterocycles. The summed E-state index contributed by atoms with van der Waals surface area (Å²) >= 11 is 0. The molecule has 5 heteroatoms. The number of benzene rings is 1. The van der Waals surface area contributed by atoms with Gasteiger partial charge in [-0.15, -0.1) is 0 Å². The monoisotopic (exact) mass is 342 g/mol. The zero-order valence-electron chi connectivity index (χ0n) is 15.4. The van der Waals surface area contributed by atoms with E-state index in [0.717, 1.165) is 24.5 Å². The molecular weight excluding hydrogens is 315 g/mol. The van der Waals surface area contributed by atoms with Crippen molar-refractivity contribution < 1.29 is 4.39 Å². The fourth-order valence-electron chi connectivity index (χ4n) is 2.64. The molecule has 0 unspecified atom stereocenters. The zero-order valence-corrected chi connectivity index (χ0v) is 15.4. The molecule has 0 fully saturated rings. The number of aryl methyl sites for hydroxylation is 1. The van der Waals surface area contributed by atoms with Gasteiger partial charge >= 0.3 is 0 Å². The fourth-order valence-corrected chi connectivity index (χ4v) is 2.64. The van der Waals surface area contributed by atoms with Gasteiger partial charge in [-0.3, -0.25) is 9.98 Å². The molecule has 0 aliphatic rings. The number of aliphatic imine (C=N–C) groups is 1. The summed E-state index contributed by atoms with van der Waals surface area (Å²) in [5, 5.41) is 6.66. The van der Waals surface area contributed by atoms with E-state index in [-0.39, 0.29) is 11.2 Å². The predicted octanol–water partition coefficient (Wildman–Crippen LogP) is 3.21. The smallest absolute Gasteiger partial charge is 0.191 e. The van der Waals surface area contributed by atoms with Gasteiger partial charge in [0.1, 0.15) is 5.82 Å². The van der Waals surface area contributed by atoms with Crippen LogP contribution in [0.1, 0.15) is 30.5 Å². The van der Waals surface area contributed by atoms with Gasteiger partial charge in [0.25, 0.3) is 0 Å². The Morgan fingerprint density at radius 2 is 2.04 bits per heavy atom. The minimum absolute atomic E-state index is 0.207. The van der Waals surface area contributed by atoms with Crippen LogP contribution in [0, 0.1) is 12.7 Å². The number of nitrogens with zero attached hydrogens (tertiary/aromatic N) is 2. The molecule has 0 aliphatic carbocycles. The van der Waals surface area contributed by atoms with Gasteiger partial charge in [-0.25, -0.2) is 4.39 Å². The Balaban J connectivity index is 1.86. The molecule has 0 radical (unpaired) electrons. The van der Waals surface area contributed by atoms with Crippen molar-refractivity contribution >= 4 is 5.96 Å². The number of nitrogens with one attached hydrogen (secondary N) is 2. The predicted molar refractivity (Wildman–Crippen MR) is 101 cm³/mol. The van der Waals surface area contributed by atoms with Crippen LogP contribution in [0.5, 0.6) is 0 Å². The summed E-state index contributed by atoms with van der Waals surface area (Å²) in [6, 6.07) is 8.79. The van der Waals surface area contributed by atoms with Crippen molar-refractivity contribution in [2.45, 2.75) is 32.6 Å². The summed E-state index contributed by atoms with van der Waals surface area (Å²) in [7, 11) is 1.75. The Bertz CT molecular complexity index is 725. The van der Waals surface area contributed by atoms with E-state index in [1.54, 1.807) is 19.2 Å². The van der Waals surface area contributed by atoms with Gasteiger partial charge in [0, 0.05) is 37.9 Å². The molecule has 134 valence electrons. The summed E-state index contributed by atoms with van der Waals surface area (Å²) in [5.74, 6) is 0.539. The summed E-state index contributed by atoms with van der Waals surface area (Å²) in [6.45, 7) is 7.68. The first-order valence-corrected chi connectivity index (χ1v) is 8.52. The highest BCUT2D eigenvalue weighted by atomic mass is 19.1. The lowest BCUT2D eigenvalue weighted by molar-refractivity contribution is 0.503. The second-order valence-electron chi connectivity index (χ2n) is 6.80. The van der Waals surface area contributed by atoms with Crippen LogP contribution in [0.3, 0.4) is 0 Å². The summed E-state index contributed by atoms with van der Waals surface area (Å²) < 4.78 is 13.5. The van der Waals surface area contributed by atoms with Gasteiger partial charge in [-0.2, -0.15) is 0 Å². The van der Waals surface area contributed by atoms with Crippen LogP contribution in [0.2, 0.25) is 0 Å². The van der Waals surface area contributed by atoms with E-state index < -0.39 is 0 Å². The van der Waals surface area contributed by atoms with E-state index in [1.807, 2.05) is 24.5 Å². The van der Waals surface area contributed by atoms with E-state index in [9.17, 15) is 4.39 Å². The fraction of sp³-hybridized carbons (Fsp3) is 0.400. The Morgan fingerprint density at radius 1 is 1.24 bits per heavy atom. The highest BCUT2D eigenvalue weighted by Gasteiger charge is 2.21. The van der Waals surface area contributed by atoms with Crippen LogP contribution in [-0.2, 0) is 11.8 Å². The van der Waals surface area contributed by atoms with E-state index in [1.165, 1.54) is 17.2 Å². The Kier molecular flexibility index (Phi) is 6.51. The van der Waals surface area contributed by atoms with Crippen molar-refractivity contribution in [3.63, 3.8) is 0 Å². The number of aromatic nitrogens is 1. The number of hydrogen-bond donors (Lipinski definition) is 2. The molecule has 0 saturated carbocycles. The summed E-state index contributed by atoms with van der Waals surface area (Å²) in [5.41, 5.74) is 3.22. The topological polar surface area (TPSA) is 49.3 Å². The molecule has 0 atom stereocenters. The summed E-state index contributed by atoms with van der Waals surface area (Å²) in [4.78, 5) is 8.38. The van der Waals surface area contributed by atoms with Gasteiger partial charge in [-0.05, 0) is 48.2 Å². The highest BCUT2D eigenvalue weighted by Crippen LogP contribution is 2.22. The van der Waals surface area contributed by atoms with Crippen molar-refractivity contribution in [3.05, 3.63) is 65.2 Å². The van der Waals surface area contributed by atoms with Gasteiger partial charge in [-0.1, -0.05) is 26.0 Å². The standard InChI is InChI=1S/C20H27FN4/c1-15-13-23-10-8-16(15)9-11-24-19(22-4)25-14-20(2,3)17-6-5-7-18(21)12-17/h5-8,10,12-13H,9,11,14H2,1-4H3,(H2,22,24,25). The van der Waals surface area contributed by atoms with Crippen molar-refractivity contribution in [2.75, 3.05) is 20.1 Å². The molecule has 0 amide bonds. The molecule has 4 nitrogen and oxygen atoms in total. The SMILES string of the molecule is CN=C(NCCc1ccncc1C)NCC(C)(C)c1cccc(F)c1. The minimum Gasteiger partial charge on any atom is -0.356 e. The molecule has 2 rings (SSSR count). The van der Waals surface area contributed by atoms with E-state index in [4.69, 9.17) is 0 Å². The van der Waals surface area contributed by atoms with Crippen LogP contribution < -0.4 is 10.6 Å². The number of hydrogen-bond acceptors (Lipinski definition) is 2. The van der Waals surface area contributed by atoms with E-state index in [0.29, 0.717) is 6.54 Å². The minimum atomic E-state index is -0.208. The molecule has 0 aliphatic heterocycles. The van der Waals surface area contributed by atoms with Crippen LogP contribution in [0.4, 0.5) is 4.39 Å². The van der Waals surface area contributed by atoms with Crippen molar-refractivity contribution in [3.8, 4) is 0 Å². The van der Waals surface area contributed by atoms with Gasteiger partial charge in [0.2, 0.25) is 0 Å². The maximum absolute atomic E-state index is 13.5. The maximum atomic E-state index is 13.5. The first-order chi connectivity index (χ1) is 11.9. The van der Waals surface area contributed by atoms with Gasteiger partial charge < -0.3 is 10.6 Å². The van der Waals surface area contributed by atoms with Gasteiger partial charge in [0.15, 0.2) is 5.96 Å². The molecule has 25 heavy (non-hydrogen) atoms. The van der Waals surface area contributed by atoms with E-state index in [2.05, 4.69) is 41.4 Å². The number of pyridine rings is 1. The first-order valence-electron chi connectivity index (χ1n) is 8.52. The lowest BCUT2D eigenvalue weighted by atomic mass is 9.84. The number of halogens is 1. The molecule has 1 aromatic carbocycles. The average Bonchev–Trinajstić information content (AvgIpc) is 2.59.